The molecule has 1 unspecified atom stereocenters. The van der Waals surface area contributed by atoms with Crippen LogP contribution in [0.1, 0.15) is 36.2 Å². The van der Waals surface area contributed by atoms with E-state index >= 15 is 0 Å². The molecule has 2 aliphatic rings. The van der Waals surface area contributed by atoms with Gasteiger partial charge in [0.1, 0.15) is 11.5 Å². The van der Waals surface area contributed by atoms with Crippen molar-refractivity contribution in [2.75, 3.05) is 31.6 Å². The topological polar surface area (TPSA) is 67.3 Å². The Balaban J connectivity index is 1.61. The quantitative estimate of drug-likeness (QED) is 0.896. The van der Waals surface area contributed by atoms with Crippen LogP contribution < -0.4 is 5.32 Å². The third kappa shape index (κ3) is 3.85. The molecular weight excluding hydrogens is 328 g/mol. The van der Waals surface area contributed by atoms with Crippen molar-refractivity contribution in [2.45, 2.75) is 31.8 Å². The molecule has 1 atom stereocenters. The lowest BCUT2D eigenvalue weighted by molar-refractivity contribution is 0.0787. The number of hydrogen-bond acceptors (Lipinski definition) is 5. The molecular formula is C20H24N4O2. The second-order valence-electron chi connectivity index (χ2n) is 6.84. The average molecular weight is 352 g/mol. The normalized spacial score (nSPS) is 19.7. The summed E-state index contributed by atoms with van der Waals surface area (Å²) in [4.78, 5) is 23.9. The number of carbonyl (C=O) groups excluding carboxylic acids is 1. The molecule has 0 bridgehead atoms. The van der Waals surface area contributed by atoms with Gasteiger partial charge in [-0.2, -0.15) is 0 Å². The van der Waals surface area contributed by atoms with Crippen LogP contribution in [-0.4, -0.2) is 53.1 Å². The van der Waals surface area contributed by atoms with Crippen molar-refractivity contribution in [3.63, 3.8) is 0 Å². The lowest BCUT2D eigenvalue weighted by Crippen LogP contribution is -2.29. The van der Waals surface area contributed by atoms with Gasteiger partial charge < -0.3 is 15.0 Å². The average Bonchev–Trinajstić information content (AvgIpc) is 3.40. The molecule has 2 aromatic rings. The maximum absolute atomic E-state index is 12.8. The first kappa shape index (κ1) is 17.0. The Morgan fingerprint density at radius 1 is 1.15 bits per heavy atom. The predicted molar refractivity (Wildman–Crippen MR) is 100 cm³/mol. The standard InChI is InChI=1S/C20H24N4O2/c25-20(24-10-4-5-11-24)17-13-18(21-14-16-9-6-12-26-16)23-19(22-17)15-7-2-1-3-8-15/h1-3,7-8,13,16H,4-6,9-12,14H2,(H,21,22,23). The van der Waals surface area contributed by atoms with Gasteiger partial charge in [-0.25, -0.2) is 9.97 Å². The van der Waals surface area contributed by atoms with Crippen LogP contribution in [0.2, 0.25) is 0 Å². The van der Waals surface area contributed by atoms with Gasteiger partial charge in [-0.05, 0) is 25.7 Å². The molecule has 2 fully saturated rings. The molecule has 2 saturated heterocycles. The Kier molecular flexibility index (Phi) is 5.11. The predicted octanol–water partition coefficient (Wildman–Crippen LogP) is 2.97. The summed E-state index contributed by atoms with van der Waals surface area (Å²) in [5, 5.41) is 3.34. The van der Waals surface area contributed by atoms with Gasteiger partial charge in [0.15, 0.2) is 5.82 Å². The molecule has 6 heteroatoms. The summed E-state index contributed by atoms with van der Waals surface area (Å²) < 4.78 is 5.67. The number of rotatable bonds is 5. The van der Waals surface area contributed by atoms with E-state index in [1.54, 1.807) is 6.07 Å². The van der Waals surface area contributed by atoms with E-state index in [1.807, 2.05) is 35.2 Å². The number of carbonyl (C=O) groups is 1. The summed E-state index contributed by atoms with van der Waals surface area (Å²) >= 11 is 0. The summed E-state index contributed by atoms with van der Waals surface area (Å²) in [6.45, 7) is 3.14. The Hall–Kier alpha value is -2.47. The molecule has 4 rings (SSSR count). The number of likely N-dealkylation sites (tertiary alicyclic amines) is 1. The number of amides is 1. The van der Waals surface area contributed by atoms with Crippen LogP contribution in [0.4, 0.5) is 5.82 Å². The van der Waals surface area contributed by atoms with Crippen molar-refractivity contribution in [3.8, 4) is 11.4 Å². The summed E-state index contributed by atoms with van der Waals surface area (Å²) in [5.74, 6) is 1.24. The summed E-state index contributed by atoms with van der Waals surface area (Å²) in [5.41, 5.74) is 1.36. The second kappa shape index (κ2) is 7.83. The number of nitrogens with one attached hydrogen (secondary N) is 1. The fraction of sp³-hybridized carbons (Fsp3) is 0.450. The third-order valence-corrected chi connectivity index (χ3v) is 4.91. The minimum absolute atomic E-state index is 0.0118. The van der Waals surface area contributed by atoms with Crippen LogP contribution in [0.3, 0.4) is 0 Å². The van der Waals surface area contributed by atoms with Crippen LogP contribution >= 0.6 is 0 Å². The fourth-order valence-electron chi connectivity index (χ4n) is 3.47. The number of aromatic nitrogens is 2. The zero-order valence-corrected chi connectivity index (χ0v) is 14.9. The molecule has 26 heavy (non-hydrogen) atoms. The first-order valence-electron chi connectivity index (χ1n) is 9.39. The Bertz CT molecular complexity index is 754. The van der Waals surface area contributed by atoms with Crippen molar-refractivity contribution >= 4 is 11.7 Å². The van der Waals surface area contributed by atoms with E-state index in [2.05, 4.69) is 15.3 Å². The molecule has 1 N–H and O–H groups in total. The monoisotopic (exact) mass is 352 g/mol. The fourth-order valence-corrected chi connectivity index (χ4v) is 3.47. The first-order valence-corrected chi connectivity index (χ1v) is 9.39. The van der Waals surface area contributed by atoms with Crippen LogP contribution in [-0.2, 0) is 4.74 Å². The van der Waals surface area contributed by atoms with Gasteiger partial charge in [-0.1, -0.05) is 30.3 Å². The smallest absolute Gasteiger partial charge is 0.272 e. The number of anilines is 1. The largest absolute Gasteiger partial charge is 0.376 e. The van der Waals surface area contributed by atoms with E-state index in [1.165, 1.54) is 0 Å². The highest BCUT2D eigenvalue weighted by Crippen LogP contribution is 2.21. The number of nitrogens with zero attached hydrogens (tertiary/aromatic N) is 3. The molecule has 2 aliphatic heterocycles. The highest BCUT2D eigenvalue weighted by atomic mass is 16.5. The molecule has 0 radical (unpaired) electrons. The van der Waals surface area contributed by atoms with E-state index in [0.717, 1.165) is 50.9 Å². The molecule has 1 amide bonds. The molecule has 136 valence electrons. The SMILES string of the molecule is O=C(c1cc(NCC2CCCO2)nc(-c2ccccc2)n1)N1CCCC1. The Morgan fingerprint density at radius 2 is 1.96 bits per heavy atom. The highest BCUT2D eigenvalue weighted by molar-refractivity contribution is 5.93. The molecule has 0 aliphatic carbocycles. The molecule has 3 heterocycles. The zero-order chi connectivity index (χ0) is 17.8. The summed E-state index contributed by atoms with van der Waals surface area (Å²) in [6.07, 6.45) is 4.49. The van der Waals surface area contributed by atoms with Gasteiger partial charge in [0.25, 0.3) is 5.91 Å². The lowest BCUT2D eigenvalue weighted by atomic mass is 10.2. The maximum Gasteiger partial charge on any atom is 0.272 e. The molecule has 0 spiro atoms. The van der Waals surface area contributed by atoms with Gasteiger partial charge in [-0.3, -0.25) is 4.79 Å². The maximum atomic E-state index is 12.8. The molecule has 1 aromatic heterocycles. The van der Waals surface area contributed by atoms with Crippen molar-refractivity contribution in [3.05, 3.63) is 42.1 Å². The number of hydrogen-bond donors (Lipinski definition) is 1. The van der Waals surface area contributed by atoms with Gasteiger partial charge in [0.05, 0.1) is 6.10 Å². The van der Waals surface area contributed by atoms with E-state index < -0.39 is 0 Å². The van der Waals surface area contributed by atoms with Crippen LogP contribution in [0.5, 0.6) is 0 Å². The van der Waals surface area contributed by atoms with Gasteiger partial charge >= 0.3 is 0 Å². The van der Waals surface area contributed by atoms with Gasteiger partial charge in [-0.15, -0.1) is 0 Å². The third-order valence-electron chi connectivity index (χ3n) is 4.91. The Morgan fingerprint density at radius 3 is 2.69 bits per heavy atom. The van der Waals surface area contributed by atoms with Crippen molar-refractivity contribution in [2.24, 2.45) is 0 Å². The van der Waals surface area contributed by atoms with Crippen molar-refractivity contribution in [1.29, 1.82) is 0 Å². The molecule has 1 aromatic carbocycles. The van der Waals surface area contributed by atoms with E-state index in [4.69, 9.17) is 4.74 Å². The number of ether oxygens (including phenoxy) is 1. The lowest BCUT2D eigenvalue weighted by Gasteiger charge is -2.17. The van der Waals surface area contributed by atoms with Gasteiger partial charge in [0.2, 0.25) is 0 Å². The van der Waals surface area contributed by atoms with E-state index in [9.17, 15) is 4.79 Å². The minimum Gasteiger partial charge on any atom is -0.376 e. The van der Waals surface area contributed by atoms with Crippen LogP contribution in [0.25, 0.3) is 11.4 Å². The first-order chi connectivity index (χ1) is 12.8. The second-order valence-corrected chi connectivity index (χ2v) is 6.84. The van der Waals surface area contributed by atoms with Crippen molar-refractivity contribution in [1.82, 2.24) is 14.9 Å². The van der Waals surface area contributed by atoms with Crippen LogP contribution in [0.15, 0.2) is 36.4 Å². The highest BCUT2D eigenvalue weighted by Gasteiger charge is 2.22. The van der Waals surface area contributed by atoms with Crippen molar-refractivity contribution < 1.29 is 9.53 Å². The number of benzene rings is 1. The van der Waals surface area contributed by atoms with Crippen LogP contribution in [0, 0.1) is 0 Å². The minimum atomic E-state index is -0.0118. The summed E-state index contributed by atoms with van der Waals surface area (Å²) in [7, 11) is 0. The summed E-state index contributed by atoms with van der Waals surface area (Å²) in [6, 6.07) is 11.5. The Labute approximate surface area is 153 Å². The molecule has 6 nitrogen and oxygen atoms in total. The van der Waals surface area contributed by atoms with Gasteiger partial charge in [0, 0.05) is 37.9 Å². The molecule has 0 saturated carbocycles. The zero-order valence-electron chi connectivity index (χ0n) is 14.9. The van der Waals surface area contributed by atoms with E-state index in [-0.39, 0.29) is 12.0 Å². The van der Waals surface area contributed by atoms with E-state index in [0.29, 0.717) is 23.9 Å².